The lowest BCUT2D eigenvalue weighted by atomic mass is 9.48. The van der Waals surface area contributed by atoms with E-state index in [4.69, 9.17) is 11.6 Å². The average molecular weight is 361 g/mol. The molecular weight excluding hydrogens is 336 g/mol. The third-order valence-electron chi connectivity index (χ3n) is 6.48. The number of carbonyl (C=O) groups is 1. The summed E-state index contributed by atoms with van der Waals surface area (Å²) < 4.78 is 0. The minimum atomic E-state index is -0.407. The molecule has 0 heterocycles. The summed E-state index contributed by atoms with van der Waals surface area (Å²) >= 11 is 5.93. The summed E-state index contributed by atoms with van der Waals surface area (Å²) in [7, 11) is 0. The highest BCUT2D eigenvalue weighted by molar-refractivity contribution is 6.31. The van der Waals surface area contributed by atoms with Gasteiger partial charge in [-0.2, -0.15) is 5.10 Å². The van der Waals surface area contributed by atoms with Gasteiger partial charge < -0.3 is 5.11 Å². The molecule has 4 aliphatic rings. The number of nitrogens with one attached hydrogen (secondary N) is 1. The highest BCUT2D eigenvalue weighted by Gasteiger charge is 2.52. The molecule has 1 aromatic rings. The largest absolute Gasteiger partial charge is 0.507 e. The first-order valence-electron chi connectivity index (χ1n) is 9.35. The third kappa shape index (κ3) is 3.05. The van der Waals surface area contributed by atoms with Crippen molar-refractivity contribution in [3.8, 4) is 5.75 Å². The summed E-state index contributed by atoms with van der Waals surface area (Å²) in [6, 6.07) is 4.46. The molecule has 4 saturated carbocycles. The van der Waals surface area contributed by atoms with Gasteiger partial charge in [-0.3, -0.25) is 4.79 Å². The van der Waals surface area contributed by atoms with E-state index in [0.717, 1.165) is 29.9 Å². The van der Waals surface area contributed by atoms with Crippen LogP contribution in [0.3, 0.4) is 0 Å². The quantitative estimate of drug-likeness (QED) is 0.600. The van der Waals surface area contributed by atoms with Crippen LogP contribution in [0.1, 0.15) is 62.2 Å². The number of rotatable bonds is 4. The Morgan fingerprint density at radius 1 is 1.24 bits per heavy atom. The van der Waals surface area contributed by atoms with Gasteiger partial charge >= 0.3 is 0 Å². The van der Waals surface area contributed by atoms with E-state index in [1.807, 2.05) is 0 Å². The van der Waals surface area contributed by atoms with E-state index >= 15 is 0 Å². The van der Waals surface area contributed by atoms with Crippen LogP contribution in [0, 0.1) is 23.2 Å². The maximum absolute atomic E-state index is 12.4. The van der Waals surface area contributed by atoms with Crippen LogP contribution in [0.25, 0.3) is 0 Å². The fourth-order valence-electron chi connectivity index (χ4n) is 5.91. The van der Waals surface area contributed by atoms with Gasteiger partial charge in [-0.1, -0.05) is 18.5 Å². The van der Waals surface area contributed by atoms with Crippen LogP contribution in [-0.4, -0.2) is 16.7 Å². The summed E-state index contributed by atoms with van der Waals surface area (Å²) in [6.07, 6.45) is 8.70. The van der Waals surface area contributed by atoms with E-state index in [9.17, 15) is 9.90 Å². The highest BCUT2D eigenvalue weighted by Crippen LogP contribution is 2.60. The molecule has 1 amide bonds. The van der Waals surface area contributed by atoms with Gasteiger partial charge in [0.2, 0.25) is 0 Å². The number of phenolic OH excluding ortho intramolecular Hbond substituents is 1. The maximum atomic E-state index is 12.4. The van der Waals surface area contributed by atoms with Crippen LogP contribution in [0.2, 0.25) is 5.02 Å². The number of phenols is 1. The minimum Gasteiger partial charge on any atom is -0.507 e. The number of hydrazone groups is 1. The summed E-state index contributed by atoms with van der Waals surface area (Å²) in [5.41, 5.74) is 4.15. The Kier molecular flexibility index (Phi) is 4.27. The molecule has 2 N–H and O–H groups in total. The van der Waals surface area contributed by atoms with E-state index in [1.165, 1.54) is 50.7 Å². The standard InChI is InChI=1S/C20H25ClN2O2/c1-2-18(20-9-12-5-13(10-20)7-14(6-12)11-20)22-23-19(25)16-8-15(21)3-4-17(16)24/h3-4,8,12-14,24H,2,5-7,9-11H2,1H3,(H,23,25)/b22-18+. The second kappa shape index (κ2) is 6.31. The number of benzene rings is 1. The number of hydrogen-bond donors (Lipinski definition) is 2. The number of halogens is 1. The fraction of sp³-hybridized carbons (Fsp3) is 0.600. The van der Waals surface area contributed by atoms with E-state index in [1.54, 1.807) is 6.07 Å². The van der Waals surface area contributed by atoms with E-state index in [0.29, 0.717) is 5.02 Å². The van der Waals surface area contributed by atoms with Gasteiger partial charge in [-0.25, -0.2) is 5.43 Å². The van der Waals surface area contributed by atoms with Crippen molar-refractivity contribution in [2.45, 2.75) is 51.9 Å². The molecule has 0 atom stereocenters. The molecule has 0 aromatic heterocycles. The van der Waals surface area contributed by atoms with Crippen LogP contribution in [0.15, 0.2) is 23.3 Å². The van der Waals surface area contributed by atoms with E-state index in [-0.39, 0.29) is 16.7 Å². The van der Waals surface area contributed by atoms with Crippen LogP contribution in [0.5, 0.6) is 5.75 Å². The smallest absolute Gasteiger partial charge is 0.275 e. The molecular formula is C20H25ClN2O2. The van der Waals surface area contributed by atoms with Gasteiger partial charge in [0.1, 0.15) is 5.75 Å². The molecule has 4 bridgehead atoms. The molecule has 134 valence electrons. The molecule has 25 heavy (non-hydrogen) atoms. The predicted octanol–water partition coefficient (Wildman–Crippen LogP) is 4.76. The Labute approximate surface area is 153 Å². The Balaban J connectivity index is 1.55. The summed E-state index contributed by atoms with van der Waals surface area (Å²) in [5.74, 6) is 2.04. The molecule has 4 aliphatic carbocycles. The molecule has 5 rings (SSSR count). The van der Waals surface area contributed by atoms with Gasteiger partial charge in [-0.05, 0) is 80.9 Å². The SMILES string of the molecule is CC/C(=N\NC(=O)c1cc(Cl)ccc1O)C12CC3CC(CC(C3)C1)C2. The van der Waals surface area contributed by atoms with Crippen LogP contribution < -0.4 is 5.43 Å². The average Bonchev–Trinajstić information content (AvgIpc) is 2.56. The first-order chi connectivity index (χ1) is 12.0. The monoisotopic (exact) mass is 360 g/mol. The number of nitrogens with zero attached hydrogens (tertiary/aromatic N) is 1. The van der Waals surface area contributed by atoms with Gasteiger partial charge in [-0.15, -0.1) is 0 Å². The van der Waals surface area contributed by atoms with Crippen molar-refractivity contribution in [3.63, 3.8) is 0 Å². The molecule has 0 spiro atoms. The maximum Gasteiger partial charge on any atom is 0.275 e. The van der Waals surface area contributed by atoms with Gasteiger partial charge in [0.15, 0.2) is 0 Å². The van der Waals surface area contributed by atoms with Crippen LogP contribution >= 0.6 is 11.6 Å². The Bertz CT molecular complexity index is 693. The first kappa shape index (κ1) is 16.9. The fourth-order valence-corrected chi connectivity index (χ4v) is 6.08. The topological polar surface area (TPSA) is 61.7 Å². The second-order valence-corrected chi connectivity index (χ2v) is 8.65. The van der Waals surface area contributed by atoms with Crippen molar-refractivity contribution in [2.75, 3.05) is 0 Å². The summed E-state index contributed by atoms with van der Waals surface area (Å²) in [4.78, 5) is 12.4. The minimum absolute atomic E-state index is 0.0787. The molecule has 0 radical (unpaired) electrons. The van der Waals surface area contributed by atoms with Gasteiger partial charge in [0, 0.05) is 16.1 Å². The number of amides is 1. The molecule has 5 heteroatoms. The van der Waals surface area contributed by atoms with Crippen LogP contribution in [-0.2, 0) is 0 Å². The van der Waals surface area contributed by atoms with Crippen molar-refractivity contribution in [1.82, 2.24) is 5.43 Å². The Hall–Kier alpha value is -1.55. The Morgan fingerprint density at radius 3 is 2.40 bits per heavy atom. The van der Waals surface area contributed by atoms with Crippen molar-refractivity contribution >= 4 is 23.2 Å². The number of hydrogen-bond acceptors (Lipinski definition) is 3. The Morgan fingerprint density at radius 2 is 1.84 bits per heavy atom. The van der Waals surface area contributed by atoms with Crippen LogP contribution in [0.4, 0.5) is 0 Å². The van der Waals surface area contributed by atoms with Crippen molar-refractivity contribution < 1.29 is 9.90 Å². The zero-order valence-corrected chi connectivity index (χ0v) is 15.4. The number of carbonyl (C=O) groups excluding carboxylic acids is 1. The van der Waals surface area contributed by atoms with E-state index < -0.39 is 5.91 Å². The van der Waals surface area contributed by atoms with E-state index in [2.05, 4.69) is 17.5 Å². The zero-order chi connectivity index (χ0) is 17.6. The van der Waals surface area contributed by atoms with Crippen molar-refractivity contribution in [1.29, 1.82) is 0 Å². The highest BCUT2D eigenvalue weighted by atomic mass is 35.5. The zero-order valence-electron chi connectivity index (χ0n) is 14.6. The van der Waals surface area contributed by atoms with Crippen molar-refractivity contribution in [2.24, 2.45) is 28.3 Å². The molecule has 0 aliphatic heterocycles. The van der Waals surface area contributed by atoms with Crippen molar-refractivity contribution in [3.05, 3.63) is 28.8 Å². The normalized spacial score (nSPS) is 33.5. The molecule has 4 nitrogen and oxygen atoms in total. The molecule has 0 unspecified atom stereocenters. The third-order valence-corrected chi connectivity index (χ3v) is 6.72. The lowest BCUT2D eigenvalue weighted by Crippen LogP contribution is -2.50. The van der Waals surface area contributed by atoms with Gasteiger partial charge in [0.05, 0.1) is 5.56 Å². The number of aromatic hydroxyl groups is 1. The molecule has 0 saturated heterocycles. The lowest BCUT2D eigenvalue weighted by Gasteiger charge is -2.57. The lowest BCUT2D eigenvalue weighted by molar-refractivity contribution is -0.0134. The van der Waals surface area contributed by atoms with Gasteiger partial charge in [0.25, 0.3) is 5.91 Å². The second-order valence-electron chi connectivity index (χ2n) is 8.21. The predicted molar refractivity (Wildman–Crippen MR) is 98.9 cm³/mol. The summed E-state index contributed by atoms with van der Waals surface area (Å²) in [6.45, 7) is 2.13. The first-order valence-corrected chi connectivity index (χ1v) is 9.73. The molecule has 4 fully saturated rings. The summed E-state index contributed by atoms with van der Waals surface area (Å²) in [5, 5.41) is 14.9. The molecule has 1 aromatic carbocycles.